The molecule has 0 aliphatic carbocycles. The Labute approximate surface area is 89.3 Å². The molecule has 4 nitrogen and oxygen atoms in total. The van der Waals surface area contributed by atoms with Gasteiger partial charge in [-0.2, -0.15) is 0 Å². The summed E-state index contributed by atoms with van der Waals surface area (Å²) in [4.78, 5) is 27.4. The lowest BCUT2D eigenvalue weighted by atomic mass is 10.3. The van der Waals surface area contributed by atoms with E-state index in [4.69, 9.17) is 0 Å². The minimum Gasteiger partial charge on any atom is -0.348 e. The second kappa shape index (κ2) is 4.77. The number of aromatic amines is 1. The molecule has 0 aliphatic heterocycles. The standard InChI is InChI=1S/C11H16N2O2/c1-4-13(5-2)11(15)10-7-6-9(12-10)8(3)14/h6-7,12H,4-5H2,1-3H3. The van der Waals surface area contributed by atoms with Crippen LogP contribution >= 0.6 is 0 Å². The third kappa shape index (κ3) is 2.46. The van der Waals surface area contributed by atoms with Gasteiger partial charge in [-0.25, -0.2) is 0 Å². The molecule has 1 N–H and O–H groups in total. The third-order valence-electron chi connectivity index (χ3n) is 2.35. The van der Waals surface area contributed by atoms with Crippen LogP contribution in [0.1, 0.15) is 41.7 Å². The predicted molar refractivity (Wildman–Crippen MR) is 58.0 cm³/mol. The monoisotopic (exact) mass is 208 g/mol. The number of aromatic nitrogens is 1. The maximum Gasteiger partial charge on any atom is 0.270 e. The second-order valence-corrected chi connectivity index (χ2v) is 3.32. The summed E-state index contributed by atoms with van der Waals surface area (Å²) in [6.45, 7) is 6.66. The van der Waals surface area contributed by atoms with E-state index in [-0.39, 0.29) is 11.7 Å². The Morgan fingerprint density at radius 1 is 1.20 bits per heavy atom. The molecule has 1 heterocycles. The molecular weight excluding hydrogens is 192 g/mol. The summed E-state index contributed by atoms with van der Waals surface area (Å²) in [5.41, 5.74) is 0.953. The largest absolute Gasteiger partial charge is 0.348 e. The summed E-state index contributed by atoms with van der Waals surface area (Å²) in [6.07, 6.45) is 0. The highest BCUT2D eigenvalue weighted by Gasteiger charge is 2.14. The highest BCUT2D eigenvalue weighted by Crippen LogP contribution is 2.06. The van der Waals surface area contributed by atoms with Crippen LogP contribution in [0.4, 0.5) is 0 Å². The Morgan fingerprint density at radius 2 is 1.73 bits per heavy atom. The number of hydrogen-bond donors (Lipinski definition) is 1. The van der Waals surface area contributed by atoms with Crippen LogP contribution < -0.4 is 0 Å². The number of hydrogen-bond acceptors (Lipinski definition) is 2. The zero-order chi connectivity index (χ0) is 11.4. The SMILES string of the molecule is CCN(CC)C(=O)c1ccc(C(C)=O)[nH]1. The lowest BCUT2D eigenvalue weighted by molar-refractivity contribution is 0.0768. The molecule has 1 aromatic heterocycles. The number of carbonyl (C=O) groups is 2. The van der Waals surface area contributed by atoms with Gasteiger partial charge in [0.15, 0.2) is 5.78 Å². The number of rotatable bonds is 4. The zero-order valence-electron chi connectivity index (χ0n) is 9.33. The molecule has 15 heavy (non-hydrogen) atoms. The van der Waals surface area contributed by atoms with Crippen LogP contribution in [0.5, 0.6) is 0 Å². The summed E-state index contributed by atoms with van der Waals surface area (Å²) in [5, 5.41) is 0. The van der Waals surface area contributed by atoms with E-state index in [1.165, 1.54) is 6.92 Å². The van der Waals surface area contributed by atoms with Gasteiger partial charge in [-0.05, 0) is 26.0 Å². The fraction of sp³-hybridized carbons (Fsp3) is 0.455. The highest BCUT2D eigenvalue weighted by atomic mass is 16.2. The number of ketones is 1. The fourth-order valence-electron chi connectivity index (χ4n) is 1.41. The van der Waals surface area contributed by atoms with Crippen molar-refractivity contribution in [1.82, 2.24) is 9.88 Å². The van der Waals surface area contributed by atoms with Gasteiger partial charge in [-0.3, -0.25) is 9.59 Å². The van der Waals surface area contributed by atoms with Crippen LogP contribution in [-0.2, 0) is 0 Å². The molecule has 82 valence electrons. The number of H-pyrrole nitrogens is 1. The van der Waals surface area contributed by atoms with Crippen LogP contribution in [0, 0.1) is 0 Å². The van der Waals surface area contributed by atoms with Crippen molar-refractivity contribution < 1.29 is 9.59 Å². The van der Waals surface area contributed by atoms with E-state index >= 15 is 0 Å². The van der Waals surface area contributed by atoms with Crippen LogP contribution in [0.2, 0.25) is 0 Å². The molecule has 1 amide bonds. The van der Waals surface area contributed by atoms with Crippen molar-refractivity contribution in [3.63, 3.8) is 0 Å². The fourth-order valence-corrected chi connectivity index (χ4v) is 1.41. The summed E-state index contributed by atoms with van der Waals surface area (Å²) in [7, 11) is 0. The minimum absolute atomic E-state index is 0.0615. The van der Waals surface area contributed by atoms with Crippen molar-refractivity contribution >= 4 is 11.7 Å². The molecule has 0 unspecified atom stereocenters. The first-order valence-electron chi connectivity index (χ1n) is 5.09. The van der Waals surface area contributed by atoms with E-state index in [1.54, 1.807) is 17.0 Å². The topological polar surface area (TPSA) is 53.2 Å². The van der Waals surface area contributed by atoms with Crippen LogP contribution in [0.3, 0.4) is 0 Å². The second-order valence-electron chi connectivity index (χ2n) is 3.32. The molecule has 0 fully saturated rings. The average molecular weight is 208 g/mol. The first kappa shape index (κ1) is 11.5. The first-order chi connectivity index (χ1) is 7.10. The van der Waals surface area contributed by atoms with Gasteiger partial charge in [-0.15, -0.1) is 0 Å². The number of nitrogens with one attached hydrogen (secondary N) is 1. The molecule has 0 aliphatic rings. The van der Waals surface area contributed by atoms with Crippen molar-refractivity contribution in [2.75, 3.05) is 13.1 Å². The number of Topliss-reactive ketones (excluding diaryl/α,β-unsaturated/α-hetero) is 1. The van der Waals surface area contributed by atoms with E-state index in [0.29, 0.717) is 24.5 Å². The van der Waals surface area contributed by atoms with Gasteiger partial charge >= 0.3 is 0 Å². The third-order valence-corrected chi connectivity index (χ3v) is 2.35. The Balaban J connectivity index is 2.86. The normalized spacial score (nSPS) is 10.1. The van der Waals surface area contributed by atoms with E-state index in [0.717, 1.165) is 0 Å². The molecule has 0 spiro atoms. The molecular formula is C11H16N2O2. The number of nitrogens with zero attached hydrogens (tertiary/aromatic N) is 1. The Kier molecular flexibility index (Phi) is 3.66. The van der Waals surface area contributed by atoms with Gasteiger partial charge in [0.25, 0.3) is 5.91 Å². The average Bonchev–Trinajstić information content (AvgIpc) is 2.68. The number of carbonyl (C=O) groups excluding carboxylic acids is 2. The predicted octanol–water partition coefficient (Wildman–Crippen LogP) is 1.70. The maximum absolute atomic E-state index is 11.8. The lowest BCUT2D eigenvalue weighted by Gasteiger charge is -2.17. The lowest BCUT2D eigenvalue weighted by Crippen LogP contribution is -2.30. The molecule has 1 aromatic rings. The van der Waals surface area contributed by atoms with Gasteiger partial charge < -0.3 is 9.88 Å². The smallest absolute Gasteiger partial charge is 0.270 e. The van der Waals surface area contributed by atoms with Crippen molar-refractivity contribution in [1.29, 1.82) is 0 Å². The van der Waals surface area contributed by atoms with E-state index in [2.05, 4.69) is 4.98 Å². The van der Waals surface area contributed by atoms with Crippen molar-refractivity contribution in [2.24, 2.45) is 0 Å². The summed E-state index contributed by atoms with van der Waals surface area (Å²) in [6, 6.07) is 3.29. The number of amides is 1. The van der Waals surface area contributed by atoms with Gasteiger partial charge in [0.05, 0.1) is 5.69 Å². The molecule has 0 aromatic carbocycles. The van der Waals surface area contributed by atoms with Crippen LogP contribution in [-0.4, -0.2) is 34.7 Å². The van der Waals surface area contributed by atoms with Crippen molar-refractivity contribution in [3.8, 4) is 0 Å². The van der Waals surface area contributed by atoms with E-state index < -0.39 is 0 Å². The Morgan fingerprint density at radius 3 is 2.13 bits per heavy atom. The summed E-state index contributed by atoms with van der Waals surface area (Å²) >= 11 is 0. The molecule has 0 saturated heterocycles. The summed E-state index contributed by atoms with van der Waals surface area (Å²) in [5.74, 6) is -0.124. The molecule has 0 bridgehead atoms. The Bertz CT molecular complexity index is 364. The zero-order valence-corrected chi connectivity index (χ0v) is 9.33. The van der Waals surface area contributed by atoms with Crippen molar-refractivity contribution in [2.45, 2.75) is 20.8 Å². The van der Waals surface area contributed by atoms with Crippen LogP contribution in [0.25, 0.3) is 0 Å². The molecule has 0 atom stereocenters. The van der Waals surface area contributed by atoms with Gasteiger partial charge in [0.1, 0.15) is 5.69 Å². The summed E-state index contributed by atoms with van der Waals surface area (Å²) < 4.78 is 0. The van der Waals surface area contributed by atoms with Gasteiger partial charge in [0, 0.05) is 20.0 Å². The molecule has 1 rings (SSSR count). The first-order valence-corrected chi connectivity index (χ1v) is 5.09. The van der Waals surface area contributed by atoms with Crippen LogP contribution in [0.15, 0.2) is 12.1 Å². The Hall–Kier alpha value is -1.58. The molecule has 0 saturated carbocycles. The molecule has 4 heteroatoms. The quantitative estimate of drug-likeness (QED) is 0.766. The maximum atomic E-state index is 11.8. The van der Waals surface area contributed by atoms with Crippen molar-refractivity contribution in [3.05, 3.63) is 23.5 Å². The van der Waals surface area contributed by atoms with E-state index in [1.807, 2.05) is 13.8 Å². The van der Waals surface area contributed by atoms with Gasteiger partial charge in [-0.1, -0.05) is 0 Å². The highest BCUT2D eigenvalue weighted by molar-refractivity contribution is 5.97. The minimum atomic E-state index is -0.0625. The van der Waals surface area contributed by atoms with E-state index in [9.17, 15) is 9.59 Å². The molecule has 0 radical (unpaired) electrons. The van der Waals surface area contributed by atoms with Gasteiger partial charge in [0.2, 0.25) is 0 Å².